The molecule has 2 aromatic rings. The Balaban J connectivity index is 1.60. The Morgan fingerprint density at radius 2 is 1.83 bits per heavy atom. The number of hydrogen-bond acceptors (Lipinski definition) is 4. The van der Waals surface area contributed by atoms with Gasteiger partial charge in [0.1, 0.15) is 5.75 Å². The van der Waals surface area contributed by atoms with Gasteiger partial charge in [0.2, 0.25) is 5.91 Å². The van der Waals surface area contributed by atoms with Gasteiger partial charge in [-0.15, -0.1) is 0 Å². The molecule has 3 amide bonds. The van der Waals surface area contributed by atoms with E-state index in [-0.39, 0.29) is 24.8 Å². The third-order valence-electron chi connectivity index (χ3n) is 3.78. The molecule has 0 unspecified atom stereocenters. The Morgan fingerprint density at radius 3 is 2.55 bits per heavy atom. The molecule has 7 nitrogen and oxygen atoms in total. The number of rotatable bonds is 8. The highest BCUT2D eigenvalue weighted by molar-refractivity contribution is 9.10. The van der Waals surface area contributed by atoms with Crippen LogP contribution in [0.1, 0.15) is 28.8 Å². The molecule has 0 spiro atoms. The van der Waals surface area contributed by atoms with Crippen LogP contribution in [0.4, 0.5) is 0 Å². The monoisotopic (exact) mass is 481 g/mol. The summed E-state index contributed by atoms with van der Waals surface area (Å²) in [5.41, 5.74) is 5.90. The van der Waals surface area contributed by atoms with E-state index in [4.69, 9.17) is 16.3 Å². The number of aryl methyl sites for hydroxylation is 1. The van der Waals surface area contributed by atoms with Crippen molar-refractivity contribution >= 4 is 45.3 Å². The fourth-order valence-corrected chi connectivity index (χ4v) is 2.95. The van der Waals surface area contributed by atoms with Crippen molar-refractivity contribution in [2.75, 3.05) is 13.2 Å². The molecule has 9 heteroatoms. The average Bonchev–Trinajstić information content (AvgIpc) is 2.69. The predicted molar refractivity (Wildman–Crippen MR) is 114 cm³/mol. The first-order chi connectivity index (χ1) is 13.8. The van der Waals surface area contributed by atoms with Gasteiger partial charge in [0.15, 0.2) is 0 Å². The maximum absolute atomic E-state index is 12.0. The molecule has 29 heavy (non-hydrogen) atoms. The van der Waals surface area contributed by atoms with Crippen LogP contribution in [-0.4, -0.2) is 30.9 Å². The van der Waals surface area contributed by atoms with Crippen molar-refractivity contribution in [1.29, 1.82) is 0 Å². The van der Waals surface area contributed by atoms with Crippen molar-refractivity contribution in [1.82, 2.24) is 16.2 Å². The van der Waals surface area contributed by atoms with E-state index in [1.54, 1.807) is 42.5 Å². The standard InChI is InChI=1S/C20H21BrClN3O4/c1-13-10-16(22)7-8-17(13)29-9-3-6-18(26)24-25-19(27)12-23-20(28)14-4-2-5-15(21)11-14/h2,4-5,7-8,10-11H,3,6,9,12H2,1H3,(H,23,28)(H,24,26)(H,25,27). The third-order valence-corrected chi connectivity index (χ3v) is 4.51. The SMILES string of the molecule is Cc1cc(Cl)ccc1OCCCC(=O)NNC(=O)CNC(=O)c1cccc(Br)c1. The fourth-order valence-electron chi connectivity index (χ4n) is 2.33. The van der Waals surface area contributed by atoms with Crippen LogP contribution in [0.25, 0.3) is 0 Å². The molecule has 0 bridgehead atoms. The first-order valence-corrected chi connectivity index (χ1v) is 10.0. The van der Waals surface area contributed by atoms with Crippen LogP contribution in [0.2, 0.25) is 5.02 Å². The van der Waals surface area contributed by atoms with Gasteiger partial charge in [0.05, 0.1) is 13.2 Å². The zero-order valence-electron chi connectivity index (χ0n) is 15.8. The molecule has 0 heterocycles. The third kappa shape index (κ3) is 8.13. The summed E-state index contributed by atoms with van der Waals surface area (Å²) in [6, 6.07) is 12.1. The van der Waals surface area contributed by atoms with Crippen molar-refractivity contribution in [2.24, 2.45) is 0 Å². The Kier molecular flexibility index (Phi) is 8.95. The molecule has 154 valence electrons. The minimum atomic E-state index is -0.533. The lowest BCUT2D eigenvalue weighted by Gasteiger charge is -2.10. The lowest BCUT2D eigenvalue weighted by Crippen LogP contribution is -2.46. The summed E-state index contributed by atoms with van der Waals surface area (Å²) in [5, 5.41) is 3.11. The molecule has 2 aromatic carbocycles. The summed E-state index contributed by atoms with van der Waals surface area (Å²) >= 11 is 9.16. The van der Waals surface area contributed by atoms with Crippen molar-refractivity contribution in [3.05, 3.63) is 63.1 Å². The molecule has 0 aliphatic carbocycles. The topological polar surface area (TPSA) is 96.5 Å². The van der Waals surface area contributed by atoms with Gasteiger partial charge < -0.3 is 10.1 Å². The minimum Gasteiger partial charge on any atom is -0.493 e. The Bertz CT molecular complexity index is 892. The molecular formula is C20H21BrClN3O4. The minimum absolute atomic E-state index is 0.178. The maximum atomic E-state index is 12.0. The van der Waals surface area contributed by atoms with Crippen molar-refractivity contribution in [3.8, 4) is 5.75 Å². The number of hydrazine groups is 1. The largest absolute Gasteiger partial charge is 0.493 e. The number of nitrogens with one attached hydrogen (secondary N) is 3. The van der Waals surface area contributed by atoms with Crippen LogP contribution < -0.4 is 20.9 Å². The van der Waals surface area contributed by atoms with Crippen molar-refractivity contribution in [2.45, 2.75) is 19.8 Å². The number of benzene rings is 2. The normalized spacial score (nSPS) is 10.2. The molecule has 0 aliphatic heterocycles. The van der Waals surface area contributed by atoms with Gasteiger partial charge in [-0.1, -0.05) is 33.6 Å². The molecule has 0 radical (unpaired) electrons. The first-order valence-electron chi connectivity index (χ1n) is 8.85. The molecule has 0 saturated carbocycles. The Labute approximate surface area is 182 Å². The number of halogens is 2. The lowest BCUT2D eigenvalue weighted by molar-refractivity contribution is -0.128. The fraction of sp³-hybridized carbons (Fsp3) is 0.250. The number of hydrogen-bond donors (Lipinski definition) is 3. The lowest BCUT2D eigenvalue weighted by atomic mass is 10.2. The highest BCUT2D eigenvalue weighted by atomic mass is 79.9. The number of carbonyl (C=O) groups excluding carboxylic acids is 3. The van der Waals surface area contributed by atoms with Crippen LogP contribution >= 0.6 is 27.5 Å². The second-order valence-corrected chi connectivity index (χ2v) is 7.50. The van der Waals surface area contributed by atoms with Gasteiger partial charge in [0.25, 0.3) is 11.8 Å². The zero-order valence-corrected chi connectivity index (χ0v) is 18.1. The molecule has 2 rings (SSSR count). The Morgan fingerprint density at radius 1 is 1.07 bits per heavy atom. The summed E-state index contributed by atoms with van der Waals surface area (Å²) in [7, 11) is 0. The highest BCUT2D eigenvalue weighted by Crippen LogP contribution is 2.21. The highest BCUT2D eigenvalue weighted by Gasteiger charge is 2.09. The second kappa shape index (κ2) is 11.4. The summed E-state index contributed by atoms with van der Waals surface area (Å²) < 4.78 is 6.37. The van der Waals surface area contributed by atoms with E-state index in [1.807, 2.05) is 6.92 Å². The number of carbonyl (C=O) groups is 3. The molecule has 0 fully saturated rings. The zero-order chi connectivity index (χ0) is 21.2. The van der Waals surface area contributed by atoms with Crippen LogP contribution in [0.15, 0.2) is 46.9 Å². The maximum Gasteiger partial charge on any atom is 0.257 e. The molecule has 0 aromatic heterocycles. The Hall–Kier alpha value is -2.58. The predicted octanol–water partition coefficient (Wildman–Crippen LogP) is 3.15. The van der Waals surface area contributed by atoms with Gasteiger partial charge in [-0.3, -0.25) is 25.2 Å². The van der Waals surface area contributed by atoms with Crippen molar-refractivity contribution in [3.63, 3.8) is 0 Å². The molecule has 0 saturated heterocycles. The molecular weight excluding hydrogens is 462 g/mol. The van der Waals surface area contributed by atoms with Gasteiger partial charge in [-0.05, 0) is 55.3 Å². The van der Waals surface area contributed by atoms with Crippen LogP contribution in [-0.2, 0) is 9.59 Å². The summed E-state index contributed by atoms with van der Waals surface area (Å²) in [6.07, 6.45) is 0.653. The van der Waals surface area contributed by atoms with Crippen LogP contribution in [0.5, 0.6) is 5.75 Å². The number of ether oxygens (including phenoxy) is 1. The van der Waals surface area contributed by atoms with E-state index >= 15 is 0 Å². The average molecular weight is 483 g/mol. The van der Waals surface area contributed by atoms with Crippen molar-refractivity contribution < 1.29 is 19.1 Å². The smallest absolute Gasteiger partial charge is 0.257 e. The summed E-state index contributed by atoms with van der Waals surface area (Å²) in [4.78, 5) is 35.5. The van der Waals surface area contributed by atoms with Gasteiger partial charge >= 0.3 is 0 Å². The quantitative estimate of drug-likeness (QED) is 0.398. The van der Waals surface area contributed by atoms with E-state index in [2.05, 4.69) is 32.1 Å². The van der Waals surface area contributed by atoms with Gasteiger partial charge in [-0.25, -0.2) is 0 Å². The van der Waals surface area contributed by atoms with E-state index in [9.17, 15) is 14.4 Å². The van der Waals surface area contributed by atoms with E-state index < -0.39 is 5.91 Å². The van der Waals surface area contributed by atoms with E-state index in [0.717, 1.165) is 10.0 Å². The van der Waals surface area contributed by atoms with Gasteiger partial charge in [0, 0.05) is 21.5 Å². The summed E-state index contributed by atoms with van der Waals surface area (Å²) in [6.45, 7) is 1.98. The number of amides is 3. The first kappa shape index (κ1) is 22.7. The molecule has 0 aliphatic rings. The molecule has 3 N–H and O–H groups in total. The van der Waals surface area contributed by atoms with E-state index in [0.29, 0.717) is 29.4 Å². The van der Waals surface area contributed by atoms with Gasteiger partial charge in [-0.2, -0.15) is 0 Å². The van der Waals surface area contributed by atoms with E-state index in [1.165, 1.54) is 0 Å². The van der Waals surface area contributed by atoms with Crippen LogP contribution in [0.3, 0.4) is 0 Å². The van der Waals surface area contributed by atoms with Crippen LogP contribution in [0, 0.1) is 6.92 Å². The second-order valence-electron chi connectivity index (χ2n) is 6.15. The molecule has 0 atom stereocenters. The summed E-state index contributed by atoms with van der Waals surface area (Å²) in [5.74, 6) is -0.561.